The molecule has 1 aromatic carbocycles. The van der Waals surface area contributed by atoms with Gasteiger partial charge in [-0.15, -0.1) is 0 Å². The molecule has 0 aromatic heterocycles. The van der Waals surface area contributed by atoms with Crippen molar-refractivity contribution in [1.29, 1.82) is 0 Å². The maximum Gasteiger partial charge on any atom is 0.140 e. The molecule has 0 fully saturated rings. The molecular weight excluding hydrogens is 212 g/mol. The van der Waals surface area contributed by atoms with Crippen molar-refractivity contribution < 1.29 is 9.84 Å². The van der Waals surface area contributed by atoms with Gasteiger partial charge in [-0.1, -0.05) is 17.7 Å². The largest absolute Gasteiger partial charge is 0.495 e. The average molecular weight is 229 g/mol. The Morgan fingerprint density at radius 1 is 1.40 bits per heavy atom. The maximum absolute atomic E-state index is 8.81. The number of ether oxygens (including phenoxy) is 1. The minimum absolute atomic E-state index is 0.188. The highest BCUT2D eigenvalue weighted by Crippen LogP contribution is 2.34. The molecule has 0 saturated heterocycles. The summed E-state index contributed by atoms with van der Waals surface area (Å²) in [5.74, 6) is 0.744. The van der Waals surface area contributed by atoms with Crippen LogP contribution in [0.25, 0.3) is 0 Å². The Kier molecular flexibility index (Phi) is 4.43. The van der Waals surface area contributed by atoms with Crippen LogP contribution < -0.4 is 4.74 Å². The van der Waals surface area contributed by atoms with Crippen molar-refractivity contribution in [2.24, 2.45) is 0 Å². The summed E-state index contributed by atoms with van der Waals surface area (Å²) in [7, 11) is 1.62. The molecule has 0 unspecified atom stereocenters. The summed E-state index contributed by atoms with van der Waals surface area (Å²) in [5.41, 5.74) is 3.29. The molecule has 0 aliphatic heterocycles. The van der Waals surface area contributed by atoms with Crippen LogP contribution in [-0.2, 0) is 6.42 Å². The van der Waals surface area contributed by atoms with Crippen LogP contribution in [0.15, 0.2) is 6.07 Å². The molecule has 0 atom stereocenters. The quantitative estimate of drug-likeness (QED) is 0.859. The summed E-state index contributed by atoms with van der Waals surface area (Å²) < 4.78 is 5.30. The number of halogens is 1. The summed E-state index contributed by atoms with van der Waals surface area (Å²) in [6, 6.07) is 2.08. The molecule has 15 heavy (non-hydrogen) atoms. The van der Waals surface area contributed by atoms with Gasteiger partial charge in [0.2, 0.25) is 0 Å². The monoisotopic (exact) mass is 228 g/mol. The molecule has 3 heteroatoms. The van der Waals surface area contributed by atoms with Crippen molar-refractivity contribution in [3.8, 4) is 5.75 Å². The first-order valence-electron chi connectivity index (χ1n) is 5.05. The van der Waals surface area contributed by atoms with E-state index in [1.54, 1.807) is 7.11 Å². The third kappa shape index (κ3) is 2.64. The lowest BCUT2D eigenvalue weighted by atomic mass is 10.0. The van der Waals surface area contributed by atoms with Crippen LogP contribution in [0.5, 0.6) is 5.75 Å². The van der Waals surface area contributed by atoms with Crippen LogP contribution >= 0.6 is 11.6 Å². The average Bonchev–Trinajstić information content (AvgIpc) is 2.23. The number of benzene rings is 1. The fraction of sp³-hybridized carbons (Fsp3) is 0.500. The number of rotatable bonds is 4. The first-order valence-corrected chi connectivity index (χ1v) is 5.43. The van der Waals surface area contributed by atoms with E-state index in [2.05, 4.69) is 6.07 Å². The SMILES string of the molecule is COc1c(CCCO)cc(C)c(C)c1Cl. The second-order valence-electron chi connectivity index (χ2n) is 3.65. The fourth-order valence-electron chi connectivity index (χ4n) is 1.60. The highest BCUT2D eigenvalue weighted by Gasteiger charge is 2.12. The lowest BCUT2D eigenvalue weighted by molar-refractivity contribution is 0.287. The van der Waals surface area contributed by atoms with Gasteiger partial charge in [0.25, 0.3) is 0 Å². The van der Waals surface area contributed by atoms with E-state index in [9.17, 15) is 0 Å². The van der Waals surface area contributed by atoms with Gasteiger partial charge >= 0.3 is 0 Å². The molecule has 0 bridgehead atoms. The zero-order valence-corrected chi connectivity index (χ0v) is 10.2. The van der Waals surface area contributed by atoms with Crippen LogP contribution in [0.1, 0.15) is 23.1 Å². The molecule has 84 valence electrons. The van der Waals surface area contributed by atoms with E-state index in [4.69, 9.17) is 21.4 Å². The van der Waals surface area contributed by atoms with Crippen molar-refractivity contribution in [1.82, 2.24) is 0 Å². The minimum atomic E-state index is 0.188. The van der Waals surface area contributed by atoms with E-state index in [1.807, 2.05) is 13.8 Å². The lowest BCUT2D eigenvalue weighted by Gasteiger charge is -2.14. The zero-order valence-electron chi connectivity index (χ0n) is 9.43. The fourth-order valence-corrected chi connectivity index (χ4v) is 1.94. The smallest absolute Gasteiger partial charge is 0.140 e. The Labute approximate surface area is 95.8 Å². The van der Waals surface area contributed by atoms with Gasteiger partial charge < -0.3 is 9.84 Å². The molecule has 0 amide bonds. The predicted octanol–water partition coefficient (Wildman–Crippen LogP) is 2.89. The summed E-state index contributed by atoms with van der Waals surface area (Å²) in [6.07, 6.45) is 1.52. The van der Waals surface area contributed by atoms with Crippen LogP contribution in [0.4, 0.5) is 0 Å². The van der Waals surface area contributed by atoms with Crippen molar-refractivity contribution in [3.63, 3.8) is 0 Å². The Hall–Kier alpha value is -0.730. The van der Waals surface area contributed by atoms with Crippen molar-refractivity contribution >= 4 is 11.6 Å². The third-order valence-corrected chi connectivity index (χ3v) is 3.07. The van der Waals surface area contributed by atoms with E-state index in [0.29, 0.717) is 5.02 Å². The molecule has 1 rings (SSSR count). The van der Waals surface area contributed by atoms with Crippen LogP contribution in [0.3, 0.4) is 0 Å². The minimum Gasteiger partial charge on any atom is -0.495 e. The molecule has 1 aromatic rings. The number of aliphatic hydroxyl groups is 1. The highest BCUT2D eigenvalue weighted by atomic mass is 35.5. The summed E-state index contributed by atoms with van der Waals surface area (Å²) in [5, 5.41) is 9.50. The highest BCUT2D eigenvalue weighted by molar-refractivity contribution is 6.33. The molecule has 0 aliphatic rings. The maximum atomic E-state index is 8.81. The second-order valence-corrected chi connectivity index (χ2v) is 4.03. The van der Waals surface area contributed by atoms with Gasteiger partial charge in [0.05, 0.1) is 12.1 Å². The Morgan fingerprint density at radius 3 is 2.60 bits per heavy atom. The zero-order chi connectivity index (χ0) is 11.4. The van der Waals surface area contributed by atoms with Gasteiger partial charge in [-0.25, -0.2) is 0 Å². The number of hydrogen-bond donors (Lipinski definition) is 1. The Balaban J connectivity index is 3.13. The van der Waals surface area contributed by atoms with E-state index < -0.39 is 0 Å². The van der Waals surface area contributed by atoms with Crippen LogP contribution in [0, 0.1) is 13.8 Å². The van der Waals surface area contributed by atoms with Crippen molar-refractivity contribution in [3.05, 3.63) is 27.8 Å². The van der Waals surface area contributed by atoms with E-state index >= 15 is 0 Å². The van der Waals surface area contributed by atoms with E-state index in [-0.39, 0.29) is 6.61 Å². The summed E-state index contributed by atoms with van der Waals surface area (Å²) in [6.45, 7) is 4.20. The molecule has 0 aliphatic carbocycles. The van der Waals surface area contributed by atoms with Gasteiger partial charge in [0.1, 0.15) is 5.75 Å². The summed E-state index contributed by atoms with van der Waals surface area (Å²) >= 11 is 6.20. The van der Waals surface area contributed by atoms with Gasteiger partial charge in [0, 0.05) is 6.61 Å². The molecule has 0 saturated carbocycles. The lowest BCUT2D eigenvalue weighted by Crippen LogP contribution is -1.98. The predicted molar refractivity (Wildman–Crippen MR) is 62.9 cm³/mol. The first kappa shape index (κ1) is 12.3. The van der Waals surface area contributed by atoms with E-state index in [1.165, 1.54) is 0 Å². The number of aliphatic hydroxyl groups excluding tert-OH is 1. The molecular formula is C12H17ClO2. The molecule has 2 nitrogen and oxygen atoms in total. The third-order valence-electron chi connectivity index (χ3n) is 2.61. The van der Waals surface area contributed by atoms with Gasteiger partial charge in [0.15, 0.2) is 0 Å². The standard InChI is InChI=1S/C12H17ClO2/c1-8-7-10(5-4-6-14)12(15-3)11(13)9(8)2/h7,14H,4-6H2,1-3H3. The second kappa shape index (κ2) is 5.38. The number of methoxy groups -OCH3 is 1. The van der Waals surface area contributed by atoms with Crippen LogP contribution in [0.2, 0.25) is 5.02 Å². The molecule has 0 radical (unpaired) electrons. The number of hydrogen-bond acceptors (Lipinski definition) is 2. The van der Waals surface area contributed by atoms with Gasteiger partial charge in [-0.3, -0.25) is 0 Å². The normalized spacial score (nSPS) is 10.5. The van der Waals surface area contributed by atoms with Crippen molar-refractivity contribution in [2.75, 3.05) is 13.7 Å². The number of aryl methyl sites for hydroxylation is 2. The molecule has 0 spiro atoms. The molecule has 1 N–H and O–H groups in total. The van der Waals surface area contributed by atoms with Gasteiger partial charge in [-0.2, -0.15) is 0 Å². The Bertz CT molecular complexity index is 348. The van der Waals surface area contributed by atoms with E-state index in [0.717, 1.165) is 35.3 Å². The van der Waals surface area contributed by atoms with Crippen LogP contribution in [-0.4, -0.2) is 18.8 Å². The molecule has 0 heterocycles. The Morgan fingerprint density at radius 2 is 2.07 bits per heavy atom. The first-order chi connectivity index (χ1) is 7.11. The van der Waals surface area contributed by atoms with Gasteiger partial charge in [-0.05, 0) is 43.4 Å². The summed E-state index contributed by atoms with van der Waals surface area (Å²) in [4.78, 5) is 0. The topological polar surface area (TPSA) is 29.5 Å². The van der Waals surface area contributed by atoms with Crippen molar-refractivity contribution in [2.45, 2.75) is 26.7 Å².